The van der Waals surface area contributed by atoms with Gasteiger partial charge in [0.05, 0.1) is 11.1 Å². The maximum Gasteiger partial charge on any atom is 0.252 e. The lowest BCUT2D eigenvalue weighted by Crippen LogP contribution is -2.12. The number of benzene rings is 3. The molecule has 0 unspecified atom stereocenters. The minimum atomic E-state index is 0.0226. The van der Waals surface area contributed by atoms with Crippen molar-refractivity contribution in [2.75, 3.05) is 0 Å². The number of fused-ring (bicyclic) bond motifs is 5. The number of para-hydroxylation sites is 1. The zero-order chi connectivity index (χ0) is 15.4. The van der Waals surface area contributed by atoms with Crippen LogP contribution < -0.4 is 5.32 Å². The molecule has 0 saturated carbocycles. The van der Waals surface area contributed by atoms with Crippen LogP contribution in [0.1, 0.15) is 15.9 Å². The van der Waals surface area contributed by atoms with Crippen LogP contribution in [0.4, 0.5) is 0 Å². The molecule has 3 nitrogen and oxygen atoms in total. The topological polar surface area (TPSA) is 44.9 Å². The summed E-state index contributed by atoms with van der Waals surface area (Å²) in [7, 11) is 0. The normalized spacial score (nSPS) is 13.5. The number of hydrogen-bond acceptors (Lipinski definition) is 1. The molecule has 2 N–H and O–H groups in total. The summed E-state index contributed by atoms with van der Waals surface area (Å²) < 4.78 is 0. The Hall–Kier alpha value is -3.07. The van der Waals surface area contributed by atoms with Crippen LogP contribution >= 0.6 is 0 Å². The summed E-state index contributed by atoms with van der Waals surface area (Å²) in [5.74, 6) is 0.0226. The fourth-order valence-corrected chi connectivity index (χ4v) is 3.59. The minimum absolute atomic E-state index is 0.0226. The van der Waals surface area contributed by atoms with Crippen LogP contribution in [-0.2, 0) is 6.54 Å². The van der Waals surface area contributed by atoms with E-state index in [2.05, 4.69) is 40.6 Å². The highest BCUT2D eigenvalue weighted by molar-refractivity contribution is 6.22. The number of hydrogen-bond donors (Lipinski definition) is 2. The number of carbonyl (C=O) groups is 1. The second-order valence-electron chi connectivity index (χ2n) is 5.93. The van der Waals surface area contributed by atoms with Gasteiger partial charge < -0.3 is 10.3 Å². The van der Waals surface area contributed by atoms with Crippen molar-refractivity contribution in [2.45, 2.75) is 6.54 Å². The van der Waals surface area contributed by atoms with E-state index in [-0.39, 0.29) is 5.91 Å². The predicted molar refractivity (Wildman–Crippen MR) is 92.4 cm³/mol. The predicted octanol–water partition coefficient (Wildman–Crippen LogP) is 4.23. The molecule has 0 atom stereocenters. The van der Waals surface area contributed by atoms with Crippen molar-refractivity contribution in [1.29, 1.82) is 0 Å². The van der Waals surface area contributed by atoms with Crippen molar-refractivity contribution < 1.29 is 4.79 Å². The zero-order valence-corrected chi connectivity index (χ0v) is 12.4. The van der Waals surface area contributed by atoms with E-state index in [0.717, 1.165) is 44.1 Å². The van der Waals surface area contributed by atoms with Crippen LogP contribution in [0.2, 0.25) is 0 Å². The average molecular weight is 298 g/mol. The Kier molecular flexibility index (Phi) is 2.42. The first-order valence-corrected chi connectivity index (χ1v) is 7.73. The van der Waals surface area contributed by atoms with Crippen molar-refractivity contribution in [1.82, 2.24) is 10.3 Å². The number of nitrogens with one attached hydrogen (secondary N) is 2. The van der Waals surface area contributed by atoms with Crippen LogP contribution in [0.5, 0.6) is 0 Å². The zero-order valence-electron chi connectivity index (χ0n) is 12.4. The summed E-state index contributed by atoms with van der Waals surface area (Å²) in [5, 5.41) is 5.10. The minimum Gasteiger partial charge on any atom is -0.354 e. The van der Waals surface area contributed by atoms with Crippen molar-refractivity contribution in [3.8, 4) is 11.1 Å². The summed E-state index contributed by atoms with van der Waals surface area (Å²) in [6.45, 7) is 0.601. The maximum absolute atomic E-state index is 12.3. The molecule has 3 aromatic carbocycles. The molecule has 2 heterocycles. The van der Waals surface area contributed by atoms with E-state index >= 15 is 0 Å². The lowest BCUT2D eigenvalue weighted by Gasteiger charge is -2.07. The first-order chi connectivity index (χ1) is 11.3. The first-order valence-electron chi connectivity index (χ1n) is 7.73. The molecule has 1 aliphatic rings. The Morgan fingerprint density at radius 3 is 2.57 bits per heavy atom. The highest BCUT2D eigenvalue weighted by atomic mass is 16.1. The Morgan fingerprint density at radius 2 is 1.70 bits per heavy atom. The van der Waals surface area contributed by atoms with Crippen molar-refractivity contribution in [2.24, 2.45) is 0 Å². The largest absolute Gasteiger partial charge is 0.354 e. The Morgan fingerprint density at radius 1 is 0.913 bits per heavy atom. The summed E-state index contributed by atoms with van der Waals surface area (Å²) in [5.41, 5.74) is 6.29. The monoisotopic (exact) mass is 298 g/mol. The van der Waals surface area contributed by atoms with Crippen molar-refractivity contribution >= 4 is 27.7 Å². The van der Waals surface area contributed by atoms with Gasteiger partial charge in [-0.2, -0.15) is 0 Å². The van der Waals surface area contributed by atoms with Gasteiger partial charge in [0.15, 0.2) is 0 Å². The van der Waals surface area contributed by atoms with Gasteiger partial charge in [-0.15, -0.1) is 0 Å². The van der Waals surface area contributed by atoms with Crippen LogP contribution in [0, 0.1) is 0 Å². The molecule has 3 heteroatoms. The fraction of sp³-hybridized carbons (Fsp3) is 0.0500. The molecule has 1 amide bonds. The number of amides is 1. The number of H-pyrrole nitrogens is 1. The molecular weight excluding hydrogens is 284 g/mol. The van der Waals surface area contributed by atoms with E-state index < -0.39 is 0 Å². The Bertz CT molecular complexity index is 1080. The van der Waals surface area contributed by atoms with E-state index in [1.807, 2.05) is 30.3 Å². The number of aromatic amines is 1. The molecule has 0 aliphatic carbocycles. The average Bonchev–Trinajstić information content (AvgIpc) is 3.15. The van der Waals surface area contributed by atoms with Gasteiger partial charge in [0, 0.05) is 28.4 Å². The molecule has 4 aromatic rings. The fourth-order valence-electron chi connectivity index (χ4n) is 3.59. The summed E-state index contributed by atoms with van der Waals surface area (Å²) >= 11 is 0. The maximum atomic E-state index is 12.3. The molecule has 0 fully saturated rings. The van der Waals surface area contributed by atoms with Crippen LogP contribution in [-0.4, -0.2) is 10.9 Å². The van der Waals surface area contributed by atoms with Gasteiger partial charge in [0.1, 0.15) is 0 Å². The molecule has 0 bridgehead atoms. The third kappa shape index (κ3) is 1.67. The molecule has 1 aliphatic heterocycles. The van der Waals surface area contributed by atoms with Gasteiger partial charge >= 0.3 is 0 Å². The molecule has 0 spiro atoms. The lowest BCUT2D eigenvalue weighted by molar-refractivity contribution is 0.0967. The third-order valence-electron chi connectivity index (χ3n) is 4.62. The van der Waals surface area contributed by atoms with Gasteiger partial charge in [-0.1, -0.05) is 48.5 Å². The molecule has 23 heavy (non-hydrogen) atoms. The second kappa shape index (κ2) is 4.46. The quantitative estimate of drug-likeness (QED) is 0.542. The number of carbonyl (C=O) groups excluding carboxylic acids is 1. The number of rotatable bonds is 1. The Labute approximate surface area is 132 Å². The van der Waals surface area contributed by atoms with Crippen molar-refractivity contribution in [3.63, 3.8) is 0 Å². The molecule has 0 saturated heterocycles. The van der Waals surface area contributed by atoms with Crippen LogP contribution in [0.25, 0.3) is 32.9 Å². The molecule has 110 valence electrons. The van der Waals surface area contributed by atoms with Gasteiger partial charge in [-0.25, -0.2) is 0 Å². The van der Waals surface area contributed by atoms with Gasteiger partial charge in [0.2, 0.25) is 0 Å². The van der Waals surface area contributed by atoms with E-state index in [1.54, 1.807) is 0 Å². The van der Waals surface area contributed by atoms with Crippen LogP contribution in [0.3, 0.4) is 0 Å². The van der Waals surface area contributed by atoms with Crippen LogP contribution in [0.15, 0.2) is 60.7 Å². The summed E-state index contributed by atoms with van der Waals surface area (Å²) in [4.78, 5) is 15.9. The molecule has 0 radical (unpaired) electrons. The van der Waals surface area contributed by atoms with Gasteiger partial charge in [-0.05, 0) is 23.3 Å². The SMILES string of the molecule is O=C1NCc2cc(-c3ccccc3)c3[nH]c4ccccc4c3c21. The summed E-state index contributed by atoms with van der Waals surface area (Å²) in [6.07, 6.45) is 0. The van der Waals surface area contributed by atoms with E-state index in [1.165, 1.54) is 0 Å². The van der Waals surface area contributed by atoms with Gasteiger partial charge in [-0.3, -0.25) is 4.79 Å². The lowest BCUT2D eigenvalue weighted by atomic mass is 9.95. The van der Waals surface area contributed by atoms with Crippen molar-refractivity contribution in [3.05, 3.63) is 71.8 Å². The number of aromatic nitrogens is 1. The highest BCUT2D eigenvalue weighted by Crippen LogP contribution is 2.38. The van der Waals surface area contributed by atoms with E-state index in [4.69, 9.17) is 0 Å². The highest BCUT2D eigenvalue weighted by Gasteiger charge is 2.26. The molecular formula is C20H14N2O. The Balaban J connectivity index is 2.00. The van der Waals surface area contributed by atoms with E-state index in [0.29, 0.717) is 6.54 Å². The smallest absolute Gasteiger partial charge is 0.252 e. The molecule has 1 aromatic heterocycles. The summed E-state index contributed by atoms with van der Waals surface area (Å²) in [6, 6.07) is 20.6. The standard InChI is InChI=1S/C20H14N2O/c23-20-17-13(11-21-20)10-15(12-6-2-1-3-7-12)19-18(17)14-8-4-5-9-16(14)22-19/h1-10,22H,11H2,(H,21,23). The third-order valence-corrected chi connectivity index (χ3v) is 4.62. The first kappa shape index (κ1) is 12.5. The second-order valence-corrected chi connectivity index (χ2v) is 5.93. The molecule has 5 rings (SSSR count). The van der Waals surface area contributed by atoms with E-state index in [9.17, 15) is 4.79 Å². The van der Waals surface area contributed by atoms with Gasteiger partial charge in [0.25, 0.3) is 5.91 Å².